The molecule has 0 fully saturated rings. The minimum atomic E-state index is 0. The molecule has 2 aromatic rings. The Morgan fingerprint density at radius 2 is 1.94 bits per heavy atom. The lowest BCUT2D eigenvalue weighted by atomic mass is 9.90. The van der Waals surface area contributed by atoms with Crippen molar-refractivity contribution in [3.8, 4) is 5.75 Å². The number of hydrogen-bond donors (Lipinski definition) is 1. The molecule has 3 N–H and O–H groups in total. The molecule has 0 saturated carbocycles. The Morgan fingerprint density at radius 1 is 1.17 bits per heavy atom. The smallest absolute Gasteiger partial charge is 0.119 e. The summed E-state index contributed by atoms with van der Waals surface area (Å²) in [5.41, 5.74) is 2.53. The molecule has 0 amide bonds. The van der Waals surface area contributed by atoms with Crippen LogP contribution in [0.4, 0.5) is 0 Å². The maximum atomic E-state index is 5.27. The van der Waals surface area contributed by atoms with Crippen molar-refractivity contribution in [1.82, 2.24) is 11.1 Å². The van der Waals surface area contributed by atoms with Crippen LogP contribution in [0, 0.1) is 0 Å². The molecule has 0 bridgehead atoms. The molecule has 0 spiro atoms. The zero-order valence-electron chi connectivity index (χ0n) is 11.0. The topological polar surface area (TPSA) is 57.1 Å². The fraction of sp³-hybridized carbons (Fsp3) is 0.267. The van der Waals surface area contributed by atoms with Crippen molar-refractivity contribution < 1.29 is 4.74 Å². The first-order valence-corrected chi connectivity index (χ1v) is 5.89. The number of aromatic nitrogens is 1. The van der Waals surface area contributed by atoms with Crippen LogP contribution in [-0.4, -0.2) is 12.1 Å². The molecule has 2 rings (SSSR count). The summed E-state index contributed by atoms with van der Waals surface area (Å²) >= 11 is 0. The van der Waals surface area contributed by atoms with Gasteiger partial charge in [0.25, 0.3) is 0 Å². The highest BCUT2D eigenvalue weighted by Gasteiger charge is 2.12. The second kappa shape index (κ2) is 6.77. The van der Waals surface area contributed by atoms with E-state index in [2.05, 4.69) is 30.1 Å². The number of pyridine rings is 1. The van der Waals surface area contributed by atoms with Crippen molar-refractivity contribution in [2.75, 3.05) is 7.11 Å². The van der Waals surface area contributed by atoms with E-state index in [4.69, 9.17) is 4.74 Å². The van der Waals surface area contributed by atoms with Crippen molar-refractivity contribution in [1.29, 1.82) is 0 Å². The lowest BCUT2D eigenvalue weighted by Gasteiger charge is -2.16. The molecule has 0 radical (unpaired) electrons. The molecular weight excluding hydrogens is 224 g/mol. The van der Waals surface area contributed by atoms with Gasteiger partial charge in [-0.05, 0) is 35.7 Å². The molecule has 1 atom stereocenters. The van der Waals surface area contributed by atoms with Gasteiger partial charge in [0.1, 0.15) is 5.75 Å². The lowest BCUT2D eigenvalue weighted by molar-refractivity contribution is 0.414. The third kappa shape index (κ3) is 3.08. The van der Waals surface area contributed by atoms with Gasteiger partial charge >= 0.3 is 0 Å². The fourth-order valence-electron chi connectivity index (χ4n) is 2.10. The van der Waals surface area contributed by atoms with Crippen molar-refractivity contribution in [2.45, 2.75) is 19.3 Å². The molecule has 0 aliphatic rings. The van der Waals surface area contributed by atoms with Crippen LogP contribution in [0.5, 0.6) is 5.75 Å². The van der Waals surface area contributed by atoms with E-state index in [0.717, 1.165) is 12.2 Å². The highest BCUT2D eigenvalue weighted by atomic mass is 16.5. The third-order valence-electron chi connectivity index (χ3n) is 2.99. The summed E-state index contributed by atoms with van der Waals surface area (Å²) in [6.45, 7) is 2.19. The van der Waals surface area contributed by atoms with E-state index in [9.17, 15) is 0 Å². The van der Waals surface area contributed by atoms with Gasteiger partial charge in [-0.3, -0.25) is 4.98 Å². The standard InChI is InChI=1S/C15H17NO.H3N/c1-3-15(13-7-5-9-16-11-13)12-6-4-8-14(10-12)17-2;/h4-11,15H,3H2,1-2H3;1H3. The van der Waals surface area contributed by atoms with Crippen molar-refractivity contribution >= 4 is 0 Å². The van der Waals surface area contributed by atoms with E-state index < -0.39 is 0 Å². The molecule has 1 unspecified atom stereocenters. The SMILES string of the molecule is CCC(c1cccnc1)c1cccc(OC)c1.N. The van der Waals surface area contributed by atoms with E-state index in [1.54, 1.807) is 7.11 Å². The molecule has 1 aromatic carbocycles. The van der Waals surface area contributed by atoms with Gasteiger partial charge in [0.05, 0.1) is 7.11 Å². The third-order valence-corrected chi connectivity index (χ3v) is 2.99. The van der Waals surface area contributed by atoms with Gasteiger partial charge in [-0.2, -0.15) is 0 Å². The predicted octanol–water partition coefficient (Wildman–Crippen LogP) is 3.79. The maximum Gasteiger partial charge on any atom is 0.119 e. The van der Waals surface area contributed by atoms with Crippen LogP contribution < -0.4 is 10.9 Å². The summed E-state index contributed by atoms with van der Waals surface area (Å²) in [6.07, 6.45) is 4.80. The Bertz CT molecular complexity index is 471. The first-order valence-electron chi connectivity index (χ1n) is 5.89. The van der Waals surface area contributed by atoms with Gasteiger partial charge in [0, 0.05) is 18.3 Å². The number of methoxy groups -OCH3 is 1. The van der Waals surface area contributed by atoms with Crippen LogP contribution in [0.2, 0.25) is 0 Å². The van der Waals surface area contributed by atoms with E-state index in [1.165, 1.54) is 11.1 Å². The van der Waals surface area contributed by atoms with Gasteiger partial charge < -0.3 is 10.9 Å². The second-order valence-electron chi connectivity index (χ2n) is 4.02. The van der Waals surface area contributed by atoms with Gasteiger partial charge in [0.2, 0.25) is 0 Å². The van der Waals surface area contributed by atoms with Crippen LogP contribution in [-0.2, 0) is 0 Å². The zero-order valence-corrected chi connectivity index (χ0v) is 11.0. The first-order chi connectivity index (χ1) is 8.35. The molecule has 0 saturated heterocycles. The molecule has 96 valence electrons. The van der Waals surface area contributed by atoms with E-state index in [-0.39, 0.29) is 6.15 Å². The minimum absolute atomic E-state index is 0. The summed E-state index contributed by atoms with van der Waals surface area (Å²) in [4.78, 5) is 4.19. The van der Waals surface area contributed by atoms with Crippen molar-refractivity contribution in [2.24, 2.45) is 0 Å². The van der Waals surface area contributed by atoms with Gasteiger partial charge in [-0.25, -0.2) is 0 Å². The molecular formula is C15H20N2O. The Balaban J connectivity index is 0.00000162. The number of hydrogen-bond acceptors (Lipinski definition) is 3. The van der Waals surface area contributed by atoms with Gasteiger partial charge in [-0.15, -0.1) is 0 Å². The molecule has 3 nitrogen and oxygen atoms in total. The summed E-state index contributed by atoms with van der Waals surface area (Å²) < 4.78 is 5.27. The van der Waals surface area contributed by atoms with Crippen LogP contribution in [0.25, 0.3) is 0 Å². The van der Waals surface area contributed by atoms with Crippen LogP contribution >= 0.6 is 0 Å². The maximum absolute atomic E-state index is 5.27. The van der Waals surface area contributed by atoms with Crippen molar-refractivity contribution in [3.63, 3.8) is 0 Å². The molecule has 0 aliphatic heterocycles. The number of nitrogens with zero attached hydrogens (tertiary/aromatic N) is 1. The summed E-state index contributed by atoms with van der Waals surface area (Å²) in [5.74, 6) is 1.30. The lowest BCUT2D eigenvalue weighted by Crippen LogP contribution is -2.00. The van der Waals surface area contributed by atoms with E-state index >= 15 is 0 Å². The van der Waals surface area contributed by atoms with Crippen LogP contribution in [0.3, 0.4) is 0 Å². The summed E-state index contributed by atoms with van der Waals surface area (Å²) in [5, 5.41) is 0. The molecule has 18 heavy (non-hydrogen) atoms. The van der Waals surface area contributed by atoms with E-state index in [1.807, 2.05) is 30.6 Å². The average Bonchev–Trinajstić information content (AvgIpc) is 2.41. The fourth-order valence-corrected chi connectivity index (χ4v) is 2.10. The van der Waals surface area contributed by atoms with Crippen molar-refractivity contribution in [3.05, 3.63) is 59.9 Å². The first kappa shape index (κ1) is 14.2. The molecule has 1 heterocycles. The van der Waals surface area contributed by atoms with E-state index in [0.29, 0.717) is 5.92 Å². The number of ether oxygens (including phenoxy) is 1. The number of rotatable bonds is 4. The molecule has 3 heteroatoms. The normalized spacial score (nSPS) is 11.4. The zero-order chi connectivity index (χ0) is 12.1. The van der Waals surface area contributed by atoms with Gasteiger partial charge in [-0.1, -0.05) is 25.1 Å². The Labute approximate surface area is 108 Å². The Kier molecular flexibility index (Phi) is 5.33. The summed E-state index contributed by atoms with van der Waals surface area (Å²) in [7, 11) is 1.70. The quantitative estimate of drug-likeness (QED) is 0.890. The van der Waals surface area contributed by atoms with Crippen LogP contribution in [0.15, 0.2) is 48.8 Å². The highest BCUT2D eigenvalue weighted by molar-refractivity contribution is 5.36. The summed E-state index contributed by atoms with van der Waals surface area (Å²) in [6, 6.07) is 12.4. The average molecular weight is 244 g/mol. The minimum Gasteiger partial charge on any atom is -0.497 e. The second-order valence-corrected chi connectivity index (χ2v) is 4.02. The van der Waals surface area contributed by atoms with Crippen LogP contribution in [0.1, 0.15) is 30.4 Å². The molecule has 1 aromatic heterocycles. The Hall–Kier alpha value is -1.87. The molecule has 0 aliphatic carbocycles. The van der Waals surface area contributed by atoms with Gasteiger partial charge in [0.15, 0.2) is 0 Å². The number of benzene rings is 1. The largest absolute Gasteiger partial charge is 0.497 e. The Morgan fingerprint density at radius 3 is 2.56 bits per heavy atom. The predicted molar refractivity (Wildman–Crippen MR) is 74.4 cm³/mol. The monoisotopic (exact) mass is 244 g/mol. The highest BCUT2D eigenvalue weighted by Crippen LogP contribution is 2.29.